The van der Waals surface area contributed by atoms with Gasteiger partial charge in [0.1, 0.15) is 23.0 Å². The van der Waals surface area contributed by atoms with E-state index in [0.717, 1.165) is 36.8 Å². The number of para-hydroxylation sites is 1. The highest BCUT2D eigenvalue weighted by Gasteiger charge is 2.66. The number of fused-ring (bicyclic) bond motifs is 3. The minimum absolute atomic E-state index is 0.00995. The number of hydrogen-bond donors (Lipinski definition) is 3. The molecule has 53 heavy (non-hydrogen) atoms. The predicted octanol–water partition coefficient (Wildman–Crippen LogP) is 6.69. The maximum Gasteiger partial charge on any atom is 0.245 e. The molecule has 6 atom stereocenters. The van der Waals surface area contributed by atoms with Crippen molar-refractivity contribution in [2.24, 2.45) is 22.9 Å². The highest BCUT2D eigenvalue weighted by Crippen LogP contribution is 2.62. The van der Waals surface area contributed by atoms with Crippen LogP contribution >= 0.6 is 0 Å². The van der Waals surface area contributed by atoms with Gasteiger partial charge in [0.2, 0.25) is 15.8 Å². The van der Waals surface area contributed by atoms with Crippen molar-refractivity contribution in [3.05, 3.63) is 84.6 Å². The van der Waals surface area contributed by atoms with Crippen LogP contribution in [0.25, 0.3) is 10.9 Å². The lowest BCUT2D eigenvalue weighted by Gasteiger charge is -2.59. The highest BCUT2D eigenvalue weighted by atomic mass is 32.2. The molecule has 1 aromatic heterocycles. The number of phenolic OH excluding ortho intramolecular Hbond substituents is 1. The molecule has 0 saturated heterocycles. The molecule has 0 radical (unpaired) electrons. The van der Waals surface area contributed by atoms with E-state index in [4.69, 9.17) is 14.3 Å². The van der Waals surface area contributed by atoms with Gasteiger partial charge in [-0.25, -0.2) is 8.42 Å². The van der Waals surface area contributed by atoms with Gasteiger partial charge in [-0.05, 0) is 86.8 Å². The third-order valence-corrected chi connectivity index (χ3v) is 12.9. The Morgan fingerprint density at radius 3 is 2.58 bits per heavy atom. The number of phenols is 1. The van der Waals surface area contributed by atoms with Crippen molar-refractivity contribution in [2.45, 2.75) is 87.9 Å². The fourth-order valence-corrected chi connectivity index (χ4v) is 10.7. The second kappa shape index (κ2) is 17.1. The summed E-state index contributed by atoms with van der Waals surface area (Å²) in [7, 11) is -4.23. The van der Waals surface area contributed by atoms with Crippen molar-refractivity contribution in [1.82, 2.24) is 9.29 Å². The minimum Gasteiger partial charge on any atom is -0.508 e. The Labute approximate surface area is 313 Å². The molecule has 1 fully saturated rings. The normalized spacial score (nSPS) is 25.8. The van der Waals surface area contributed by atoms with Gasteiger partial charge in [0.25, 0.3) is 0 Å². The molecule has 0 amide bonds. The number of unbranched alkanes of at least 4 members (excludes halogenated alkanes) is 2. The van der Waals surface area contributed by atoms with Gasteiger partial charge in [-0.15, -0.1) is 6.58 Å². The molecule has 3 N–H and O–H groups in total. The maximum atomic E-state index is 15.2. The summed E-state index contributed by atoms with van der Waals surface area (Å²) < 4.78 is 46.0. The lowest BCUT2D eigenvalue weighted by atomic mass is 9.55. The Morgan fingerprint density at radius 2 is 1.85 bits per heavy atom. The molecule has 11 nitrogen and oxygen atoms in total. The van der Waals surface area contributed by atoms with Crippen molar-refractivity contribution in [2.75, 3.05) is 33.0 Å². The molecule has 2 heterocycles. The van der Waals surface area contributed by atoms with Crippen LogP contribution in [0, 0.1) is 17.8 Å². The van der Waals surface area contributed by atoms with E-state index in [0.29, 0.717) is 48.2 Å². The number of ether oxygens (including phenoxy) is 2. The topological polar surface area (TPSA) is 151 Å². The van der Waals surface area contributed by atoms with Crippen LogP contribution in [0.2, 0.25) is 0 Å². The minimum atomic E-state index is -4.23. The summed E-state index contributed by atoms with van der Waals surface area (Å²) in [5, 5.41) is 35.8. The number of aromatic hydroxyl groups is 1. The van der Waals surface area contributed by atoms with Crippen molar-refractivity contribution in [3.8, 4) is 11.5 Å². The van der Waals surface area contributed by atoms with Gasteiger partial charge in [-0.2, -0.15) is 4.31 Å². The van der Waals surface area contributed by atoms with Crippen molar-refractivity contribution in [3.63, 3.8) is 0 Å². The first-order valence-electron chi connectivity index (χ1n) is 19.0. The van der Waals surface area contributed by atoms with Crippen LogP contribution in [0.5, 0.6) is 11.5 Å². The zero-order valence-corrected chi connectivity index (χ0v) is 31.6. The van der Waals surface area contributed by atoms with Crippen LogP contribution in [0.1, 0.15) is 76.7 Å². The monoisotopic (exact) mass is 747 g/mol. The number of allylic oxidation sites excluding steroid dienone is 1. The van der Waals surface area contributed by atoms with E-state index >= 15 is 8.42 Å². The molecule has 0 spiro atoms. The quantitative estimate of drug-likeness (QED) is 0.0734. The van der Waals surface area contributed by atoms with Gasteiger partial charge in [-0.1, -0.05) is 55.3 Å². The largest absolute Gasteiger partial charge is 0.508 e. The molecular formula is C41H53N3O8S. The Morgan fingerprint density at radius 1 is 1.08 bits per heavy atom. The first-order valence-corrected chi connectivity index (χ1v) is 20.4. The third-order valence-electron chi connectivity index (χ3n) is 10.9. The maximum absolute atomic E-state index is 15.2. The Bertz CT molecular complexity index is 1910. The fraction of sp³-hybridized carbons (Fsp3) is 0.512. The van der Waals surface area contributed by atoms with E-state index in [1.54, 1.807) is 48.7 Å². The number of aliphatic hydroxyl groups excluding tert-OH is 2. The summed E-state index contributed by atoms with van der Waals surface area (Å²) >= 11 is 0. The Hall–Kier alpha value is -3.81. The third kappa shape index (κ3) is 7.49. The van der Waals surface area contributed by atoms with E-state index in [1.807, 2.05) is 26.0 Å². The molecule has 6 rings (SSSR count). The summed E-state index contributed by atoms with van der Waals surface area (Å²) in [6.07, 6.45) is 10.6. The molecule has 12 heteroatoms. The number of aliphatic hydroxyl groups is 2. The molecule has 1 aliphatic heterocycles. The summed E-state index contributed by atoms with van der Waals surface area (Å²) in [5.41, 5.74) is 2.71. The highest BCUT2D eigenvalue weighted by molar-refractivity contribution is 7.89. The molecule has 1 saturated carbocycles. The molecule has 6 unspecified atom stereocenters. The molecule has 3 aliphatic rings. The zero-order chi connectivity index (χ0) is 37.6. The van der Waals surface area contributed by atoms with E-state index in [9.17, 15) is 15.3 Å². The van der Waals surface area contributed by atoms with Crippen molar-refractivity contribution >= 4 is 26.6 Å². The van der Waals surface area contributed by atoms with Gasteiger partial charge >= 0.3 is 0 Å². The predicted molar refractivity (Wildman–Crippen MR) is 204 cm³/mol. The van der Waals surface area contributed by atoms with Gasteiger partial charge in [0, 0.05) is 49.2 Å². The van der Waals surface area contributed by atoms with Crippen LogP contribution in [0.4, 0.5) is 0 Å². The number of hydrogen-bond acceptors (Lipinski definition) is 10. The number of pyridine rings is 1. The first kappa shape index (κ1) is 38.9. The summed E-state index contributed by atoms with van der Waals surface area (Å²) in [6, 6.07) is 13.0. The second-order valence-corrected chi connectivity index (χ2v) is 16.0. The first-order chi connectivity index (χ1) is 25.7. The molecule has 3 aromatic rings. The Balaban J connectivity index is 1.63. The van der Waals surface area contributed by atoms with Gasteiger partial charge in [0.15, 0.2) is 0 Å². The molecule has 286 valence electrons. The van der Waals surface area contributed by atoms with Crippen molar-refractivity contribution < 1.29 is 38.0 Å². The number of benzene rings is 2. The number of sulfonamides is 1. The standard InChI is InChI=1S/C41H53N3O8S/c1-4-21-44(53(48,49)36-17-11-14-28-15-12-20-42-40(28)36)37-27-34(43-51-6-3)32-25-29(13-7-9-22-45)31(16-8-10-23-46)38-33-26-30(47)18-19-35(33)52-41(37,39(32)38)50-24-5-2/h5,11-12,14-15,17-20,25-26,29,31,37-39,45-47H,2,4,6-10,13,16,21-24,27H2,1,3H3. The fourth-order valence-electron chi connectivity index (χ4n) is 8.85. The van der Waals surface area contributed by atoms with Crippen molar-refractivity contribution in [1.29, 1.82) is 0 Å². The van der Waals surface area contributed by atoms with Crippen LogP contribution in [-0.4, -0.2) is 83.5 Å². The van der Waals surface area contributed by atoms with Gasteiger partial charge in [-0.3, -0.25) is 4.98 Å². The lowest BCUT2D eigenvalue weighted by Crippen LogP contribution is -2.70. The SMILES string of the molecule is C=CCOC12Oc3ccc(O)cc3C3C(CCCCO)C(CCCCO)C=C(C(=NOCC)CC1N(CCC)S(=O)(=O)c1cccc4cccnc14)C32. The lowest BCUT2D eigenvalue weighted by molar-refractivity contribution is -0.251. The van der Waals surface area contributed by atoms with Crippen LogP contribution in [0.3, 0.4) is 0 Å². The van der Waals surface area contributed by atoms with E-state index in [2.05, 4.69) is 22.8 Å². The average Bonchev–Trinajstić information content (AvgIpc) is 3.16. The molecular weight excluding hydrogens is 695 g/mol. The van der Waals surface area contributed by atoms with Crippen LogP contribution < -0.4 is 4.74 Å². The smallest absolute Gasteiger partial charge is 0.245 e. The second-order valence-electron chi connectivity index (χ2n) is 14.2. The van der Waals surface area contributed by atoms with Crippen LogP contribution in [-0.2, 0) is 19.6 Å². The number of aromatic nitrogens is 1. The summed E-state index contributed by atoms with van der Waals surface area (Å²) in [6.45, 7) is 8.52. The zero-order valence-electron chi connectivity index (χ0n) is 30.8. The molecule has 0 bridgehead atoms. The van der Waals surface area contributed by atoms with E-state index < -0.39 is 27.8 Å². The van der Waals surface area contributed by atoms with Gasteiger partial charge < -0.3 is 29.6 Å². The number of nitrogens with zero attached hydrogens (tertiary/aromatic N) is 3. The number of rotatable bonds is 18. The summed E-state index contributed by atoms with van der Waals surface area (Å²) in [5.74, 6) is -1.68. The summed E-state index contributed by atoms with van der Waals surface area (Å²) in [4.78, 5) is 10.4. The van der Waals surface area contributed by atoms with Crippen LogP contribution in [0.15, 0.2) is 89.1 Å². The van der Waals surface area contributed by atoms with Gasteiger partial charge in [0.05, 0.1) is 29.8 Å². The number of oxime groups is 1. The molecule has 2 aromatic carbocycles. The molecule has 2 aliphatic carbocycles. The van der Waals surface area contributed by atoms with E-state index in [-0.39, 0.29) is 61.2 Å². The Kier molecular flexibility index (Phi) is 12.6. The average molecular weight is 748 g/mol. The van der Waals surface area contributed by atoms with E-state index in [1.165, 1.54) is 4.31 Å².